The molecule has 0 spiro atoms. The van der Waals surface area contributed by atoms with Crippen molar-refractivity contribution in [3.05, 3.63) is 42.5 Å². The van der Waals surface area contributed by atoms with E-state index in [1.807, 2.05) is 6.08 Å². The van der Waals surface area contributed by atoms with Crippen LogP contribution < -0.4 is 10.2 Å². The number of hydrogen-bond donors (Lipinski definition) is 1. The van der Waals surface area contributed by atoms with Gasteiger partial charge in [0.25, 0.3) is 0 Å². The third-order valence-electron chi connectivity index (χ3n) is 4.64. The van der Waals surface area contributed by atoms with Crippen molar-refractivity contribution in [3.8, 4) is 0 Å². The van der Waals surface area contributed by atoms with Crippen molar-refractivity contribution >= 4 is 30.5 Å². The van der Waals surface area contributed by atoms with Gasteiger partial charge in [-0.1, -0.05) is 18.2 Å². The van der Waals surface area contributed by atoms with E-state index in [9.17, 15) is 0 Å². The quantitative estimate of drug-likeness (QED) is 0.685. The highest BCUT2D eigenvalue weighted by atomic mass is 35.5. The molecule has 0 bridgehead atoms. The second-order valence-corrected chi connectivity index (χ2v) is 5.93. The third-order valence-corrected chi connectivity index (χ3v) is 4.64. The first kappa shape index (κ1) is 23.3. The van der Waals surface area contributed by atoms with Crippen LogP contribution in [0.15, 0.2) is 36.9 Å². The van der Waals surface area contributed by atoms with Crippen molar-refractivity contribution in [1.29, 1.82) is 0 Å². The van der Waals surface area contributed by atoms with Crippen LogP contribution in [0.3, 0.4) is 0 Å². The number of rotatable bonds is 8. The topological polar surface area (TPSA) is 18.5 Å². The Kier molecular flexibility index (Phi) is 12.2. The minimum atomic E-state index is 0. The lowest BCUT2D eigenvalue weighted by atomic mass is 9.99. The zero-order valence-corrected chi connectivity index (χ0v) is 16.7. The maximum Gasteiger partial charge on any atom is 0.0366 e. The third kappa shape index (κ3) is 6.29. The molecule has 2 rings (SSSR count). The molecule has 0 radical (unpaired) electrons. The van der Waals surface area contributed by atoms with Gasteiger partial charge in [-0.15, -0.1) is 31.4 Å². The van der Waals surface area contributed by atoms with Gasteiger partial charge in [0, 0.05) is 51.0 Å². The summed E-state index contributed by atoms with van der Waals surface area (Å²) in [5.41, 5.74) is 2.77. The molecule has 1 aromatic carbocycles. The predicted molar refractivity (Wildman–Crippen MR) is 111 cm³/mol. The van der Waals surface area contributed by atoms with E-state index in [0.717, 1.165) is 52.1 Å². The van der Waals surface area contributed by atoms with Crippen LogP contribution in [0.5, 0.6) is 0 Å². The van der Waals surface area contributed by atoms with E-state index in [4.69, 9.17) is 0 Å². The molecule has 1 aliphatic heterocycles. The second kappa shape index (κ2) is 12.6. The SMILES string of the molecule is C=CCC[C@@H](c1ccc(N(CC)CC)cc1)N1CCNCC1.Cl.Cl. The normalized spacial score (nSPS) is 15.8. The molecule has 0 unspecified atom stereocenters. The van der Waals surface area contributed by atoms with E-state index in [-0.39, 0.29) is 24.8 Å². The van der Waals surface area contributed by atoms with Crippen LogP contribution in [0.2, 0.25) is 0 Å². The van der Waals surface area contributed by atoms with E-state index >= 15 is 0 Å². The number of allylic oxidation sites excluding steroid dienone is 1. The van der Waals surface area contributed by atoms with E-state index in [1.165, 1.54) is 11.3 Å². The number of nitrogens with zero attached hydrogens (tertiary/aromatic N) is 2. The first-order valence-electron chi connectivity index (χ1n) is 8.70. The average molecular weight is 374 g/mol. The second-order valence-electron chi connectivity index (χ2n) is 5.93. The molecule has 0 amide bonds. The molecule has 1 N–H and O–H groups in total. The van der Waals surface area contributed by atoms with Gasteiger partial charge in [0.1, 0.15) is 0 Å². The predicted octanol–water partition coefficient (Wildman–Crippen LogP) is 4.29. The average Bonchev–Trinajstić information content (AvgIpc) is 2.58. The number of hydrogen-bond acceptors (Lipinski definition) is 3. The van der Waals surface area contributed by atoms with Crippen LogP contribution in [0.25, 0.3) is 0 Å². The highest BCUT2D eigenvalue weighted by Crippen LogP contribution is 2.28. The van der Waals surface area contributed by atoms with Gasteiger partial charge >= 0.3 is 0 Å². The molecule has 0 saturated carbocycles. The Morgan fingerprint density at radius 3 is 2.21 bits per heavy atom. The summed E-state index contributed by atoms with van der Waals surface area (Å²) in [7, 11) is 0. The zero-order valence-electron chi connectivity index (χ0n) is 15.0. The minimum Gasteiger partial charge on any atom is -0.372 e. The van der Waals surface area contributed by atoms with Crippen molar-refractivity contribution in [2.24, 2.45) is 0 Å². The lowest BCUT2D eigenvalue weighted by Gasteiger charge is -2.35. The van der Waals surface area contributed by atoms with Gasteiger partial charge < -0.3 is 10.2 Å². The van der Waals surface area contributed by atoms with Gasteiger partial charge in [-0.2, -0.15) is 0 Å². The van der Waals surface area contributed by atoms with E-state index in [1.54, 1.807) is 0 Å². The fourth-order valence-electron chi connectivity index (χ4n) is 3.33. The number of nitrogens with one attached hydrogen (secondary N) is 1. The summed E-state index contributed by atoms with van der Waals surface area (Å²) in [4.78, 5) is 5.01. The smallest absolute Gasteiger partial charge is 0.0366 e. The van der Waals surface area contributed by atoms with E-state index in [0.29, 0.717) is 6.04 Å². The Balaban J connectivity index is 0.00000264. The highest BCUT2D eigenvalue weighted by molar-refractivity contribution is 5.85. The Hall–Kier alpha value is -0.740. The largest absolute Gasteiger partial charge is 0.372 e. The van der Waals surface area contributed by atoms with Crippen LogP contribution in [-0.4, -0.2) is 44.2 Å². The summed E-state index contributed by atoms with van der Waals surface area (Å²) in [6.45, 7) is 14.9. The van der Waals surface area contributed by atoms with Crippen LogP contribution in [0, 0.1) is 0 Å². The van der Waals surface area contributed by atoms with Crippen LogP contribution in [0.1, 0.15) is 38.3 Å². The van der Waals surface area contributed by atoms with Crippen LogP contribution >= 0.6 is 24.8 Å². The van der Waals surface area contributed by atoms with Crippen molar-refractivity contribution in [1.82, 2.24) is 10.2 Å². The highest BCUT2D eigenvalue weighted by Gasteiger charge is 2.21. The first-order valence-corrected chi connectivity index (χ1v) is 8.70. The number of piperazine rings is 1. The molecule has 24 heavy (non-hydrogen) atoms. The van der Waals surface area contributed by atoms with Gasteiger partial charge in [0.15, 0.2) is 0 Å². The Labute approximate surface area is 160 Å². The molecule has 5 heteroatoms. The van der Waals surface area contributed by atoms with Crippen molar-refractivity contribution in [2.45, 2.75) is 32.7 Å². The maximum atomic E-state index is 3.89. The molecule has 1 aliphatic rings. The molecular weight excluding hydrogens is 341 g/mol. The summed E-state index contributed by atoms with van der Waals surface area (Å²) in [6, 6.07) is 9.73. The fourth-order valence-corrected chi connectivity index (χ4v) is 3.33. The summed E-state index contributed by atoms with van der Waals surface area (Å²) in [5.74, 6) is 0. The lowest BCUT2D eigenvalue weighted by molar-refractivity contribution is 0.166. The molecule has 1 atom stereocenters. The lowest BCUT2D eigenvalue weighted by Crippen LogP contribution is -2.45. The fraction of sp³-hybridized carbons (Fsp3) is 0.579. The molecule has 1 saturated heterocycles. The maximum absolute atomic E-state index is 3.89. The number of halogens is 2. The summed E-state index contributed by atoms with van der Waals surface area (Å²) in [5, 5.41) is 3.45. The van der Waals surface area contributed by atoms with Gasteiger partial charge in [-0.3, -0.25) is 4.90 Å². The molecule has 138 valence electrons. The summed E-state index contributed by atoms with van der Waals surface area (Å²) < 4.78 is 0. The number of anilines is 1. The molecule has 1 aromatic rings. The molecule has 1 fully saturated rings. The van der Waals surface area contributed by atoms with Crippen LogP contribution in [0.4, 0.5) is 5.69 Å². The van der Waals surface area contributed by atoms with Crippen LogP contribution in [-0.2, 0) is 0 Å². The summed E-state index contributed by atoms with van der Waals surface area (Å²) >= 11 is 0. The van der Waals surface area contributed by atoms with E-state index < -0.39 is 0 Å². The molecule has 3 nitrogen and oxygen atoms in total. The molecular formula is C19H33Cl2N3. The molecule has 0 aliphatic carbocycles. The van der Waals surface area contributed by atoms with Gasteiger partial charge in [0.05, 0.1) is 0 Å². The van der Waals surface area contributed by atoms with Crippen molar-refractivity contribution in [2.75, 3.05) is 44.2 Å². The molecule has 0 aromatic heterocycles. The zero-order chi connectivity index (χ0) is 15.8. The number of benzene rings is 1. The van der Waals surface area contributed by atoms with Gasteiger partial charge in [0.2, 0.25) is 0 Å². The van der Waals surface area contributed by atoms with Gasteiger partial charge in [-0.25, -0.2) is 0 Å². The van der Waals surface area contributed by atoms with E-state index in [2.05, 4.69) is 59.8 Å². The standard InChI is InChI=1S/C19H31N3.2ClH/c1-4-7-8-19(22-15-13-20-14-16-22)17-9-11-18(12-10-17)21(5-2)6-3;;/h4,9-12,19-20H,1,5-8,13-16H2,2-3H3;2*1H/t19-;;/m0../s1. The minimum absolute atomic E-state index is 0. The Morgan fingerprint density at radius 2 is 1.71 bits per heavy atom. The molecule has 1 heterocycles. The summed E-state index contributed by atoms with van der Waals surface area (Å²) in [6.07, 6.45) is 4.28. The van der Waals surface area contributed by atoms with Gasteiger partial charge in [-0.05, 0) is 44.4 Å². The Bertz CT molecular complexity index is 440. The monoisotopic (exact) mass is 373 g/mol. The van der Waals surface area contributed by atoms with Crippen molar-refractivity contribution < 1.29 is 0 Å². The Morgan fingerprint density at radius 1 is 1.12 bits per heavy atom. The first-order chi connectivity index (χ1) is 10.8. The van der Waals surface area contributed by atoms with Crippen molar-refractivity contribution in [3.63, 3.8) is 0 Å².